The van der Waals surface area contributed by atoms with E-state index in [1.54, 1.807) is 20.3 Å². The van der Waals surface area contributed by atoms with Crippen LogP contribution in [-0.2, 0) is 0 Å². The third-order valence-electron chi connectivity index (χ3n) is 2.15. The van der Waals surface area contributed by atoms with Gasteiger partial charge in [-0.25, -0.2) is 0 Å². The molecule has 0 saturated heterocycles. The quantitative estimate of drug-likeness (QED) is 0.800. The third-order valence-corrected chi connectivity index (χ3v) is 2.15. The van der Waals surface area contributed by atoms with Crippen LogP contribution in [0.3, 0.4) is 0 Å². The van der Waals surface area contributed by atoms with Crippen molar-refractivity contribution >= 4 is 6.08 Å². The summed E-state index contributed by atoms with van der Waals surface area (Å²) in [6, 6.07) is 3.68. The number of benzene rings is 1. The Morgan fingerprint density at radius 1 is 1.06 bits per heavy atom. The smallest absolute Gasteiger partial charge is 0.133 e. The number of hydrogen-bond acceptors (Lipinski definition) is 3. The van der Waals surface area contributed by atoms with E-state index in [0.29, 0.717) is 11.5 Å². The van der Waals surface area contributed by atoms with Crippen molar-refractivity contribution in [1.29, 1.82) is 0 Å². The van der Waals surface area contributed by atoms with E-state index in [1.807, 2.05) is 32.9 Å². The van der Waals surface area contributed by atoms with Crippen LogP contribution >= 0.6 is 0 Å². The monoisotopic (exact) mass is 236 g/mol. The fourth-order valence-electron chi connectivity index (χ4n) is 1.53. The molecule has 94 valence electrons. The van der Waals surface area contributed by atoms with Crippen molar-refractivity contribution in [2.24, 2.45) is 0 Å². The lowest BCUT2D eigenvalue weighted by Gasteiger charge is -2.22. The molecule has 0 aliphatic carbocycles. The lowest BCUT2D eigenvalue weighted by Crippen LogP contribution is -2.23. The highest BCUT2D eigenvalue weighted by molar-refractivity contribution is 5.65. The first-order chi connectivity index (χ1) is 7.91. The van der Waals surface area contributed by atoms with Crippen LogP contribution in [0.15, 0.2) is 18.7 Å². The van der Waals surface area contributed by atoms with Crippen LogP contribution in [0.4, 0.5) is 0 Å². The second kappa shape index (κ2) is 5.13. The predicted molar refractivity (Wildman–Crippen MR) is 70.0 cm³/mol. The lowest BCUT2D eigenvalue weighted by atomic mass is 10.1. The maximum absolute atomic E-state index is 5.79. The van der Waals surface area contributed by atoms with Gasteiger partial charge in [-0.05, 0) is 20.8 Å². The largest absolute Gasteiger partial charge is 0.496 e. The van der Waals surface area contributed by atoms with E-state index in [0.717, 1.165) is 11.3 Å². The van der Waals surface area contributed by atoms with Crippen molar-refractivity contribution in [3.63, 3.8) is 0 Å². The van der Waals surface area contributed by atoms with Gasteiger partial charge in [-0.1, -0.05) is 12.7 Å². The van der Waals surface area contributed by atoms with Gasteiger partial charge in [0.1, 0.15) is 22.8 Å². The molecule has 3 nitrogen and oxygen atoms in total. The Morgan fingerprint density at radius 3 is 1.82 bits per heavy atom. The maximum Gasteiger partial charge on any atom is 0.133 e. The fourth-order valence-corrected chi connectivity index (χ4v) is 1.53. The number of rotatable bonds is 4. The van der Waals surface area contributed by atoms with Crippen LogP contribution in [0.25, 0.3) is 6.08 Å². The van der Waals surface area contributed by atoms with Crippen molar-refractivity contribution in [3.05, 3.63) is 24.3 Å². The number of methoxy groups -OCH3 is 2. The summed E-state index contributed by atoms with van der Waals surface area (Å²) in [4.78, 5) is 0. The molecule has 1 aromatic rings. The Balaban J connectivity index is 3.22. The molecule has 0 aromatic heterocycles. The number of ether oxygens (including phenoxy) is 3. The molecule has 0 N–H and O–H groups in total. The summed E-state index contributed by atoms with van der Waals surface area (Å²) in [7, 11) is 3.23. The van der Waals surface area contributed by atoms with E-state index in [9.17, 15) is 0 Å². The molecule has 0 atom stereocenters. The van der Waals surface area contributed by atoms with Crippen LogP contribution in [0.2, 0.25) is 0 Å². The first-order valence-electron chi connectivity index (χ1n) is 5.48. The zero-order chi connectivity index (χ0) is 13.1. The van der Waals surface area contributed by atoms with Crippen molar-refractivity contribution < 1.29 is 14.2 Å². The van der Waals surface area contributed by atoms with Gasteiger partial charge < -0.3 is 14.2 Å². The van der Waals surface area contributed by atoms with Crippen molar-refractivity contribution in [1.82, 2.24) is 0 Å². The molecule has 0 spiro atoms. The summed E-state index contributed by atoms with van der Waals surface area (Å²) in [6.45, 7) is 9.73. The Hall–Kier alpha value is -1.64. The van der Waals surface area contributed by atoms with E-state index < -0.39 is 0 Å². The predicted octanol–water partition coefficient (Wildman–Crippen LogP) is 3.52. The lowest BCUT2D eigenvalue weighted by molar-refractivity contribution is 0.130. The third kappa shape index (κ3) is 3.41. The molecule has 1 rings (SSSR count). The molecule has 0 unspecified atom stereocenters. The Labute approximate surface area is 103 Å². The van der Waals surface area contributed by atoms with E-state index in [1.165, 1.54) is 0 Å². The standard InChI is InChI=1S/C14H20O3/c1-7-11-12(15-5)8-10(9-13(11)16-6)17-14(2,3)4/h7-9H,1H2,2-6H3. The maximum atomic E-state index is 5.79. The van der Waals surface area contributed by atoms with Crippen LogP contribution in [-0.4, -0.2) is 19.8 Å². The highest BCUT2D eigenvalue weighted by Gasteiger charge is 2.16. The molecule has 0 bridgehead atoms. The molecular weight excluding hydrogens is 216 g/mol. The van der Waals surface area contributed by atoms with Crippen LogP contribution in [0.5, 0.6) is 17.2 Å². The first kappa shape index (κ1) is 13.4. The van der Waals surface area contributed by atoms with Gasteiger partial charge in [-0.2, -0.15) is 0 Å². The molecule has 0 aliphatic rings. The van der Waals surface area contributed by atoms with E-state index >= 15 is 0 Å². The van der Waals surface area contributed by atoms with E-state index in [2.05, 4.69) is 6.58 Å². The second-order valence-electron chi connectivity index (χ2n) is 4.66. The van der Waals surface area contributed by atoms with Crippen molar-refractivity contribution in [2.75, 3.05) is 14.2 Å². The summed E-state index contributed by atoms with van der Waals surface area (Å²) in [6.07, 6.45) is 1.71. The Bertz CT molecular complexity index is 377. The molecule has 0 amide bonds. The molecule has 1 aromatic carbocycles. The van der Waals surface area contributed by atoms with Gasteiger partial charge in [0.05, 0.1) is 19.8 Å². The van der Waals surface area contributed by atoms with Crippen LogP contribution < -0.4 is 14.2 Å². The minimum Gasteiger partial charge on any atom is -0.496 e. The Morgan fingerprint density at radius 2 is 1.53 bits per heavy atom. The summed E-state index contributed by atoms with van der Waals surface area (Å²) in [5.74, 6) is 2.11. The molecule has 0 fully saturated rings. The SMILES string of the molecule is C=Cc1c(OC)cc(OC(C)(C)C)cc1OC. The average molecular weight is 236 g/mol. The van der Waals surface area contributed by atoms with E-state index in [-0.39, 0.29) is 5.60 Å². The summed E-state index contributed by atoms with van der Waals surface area (Å²) < 4.78 is 16.4. The fraction of sp³-hybridized carbons (Fsp3) is 0.429. The van der Waals surface area contributed by atoms with E-state index in [4.69, 9.17) is 14.2 Å². The van der Waals surface area contributed by atoms with Gasteiger partial charge in [0, 0.05) is 12.1 Å². The molecule has 3 heteroatoms. The molecule has 0 saturated carbocycles. The summed E-state index contributed by atoms with van der Waals surface area (Å²) >= 11 is 0. The summed E-state index contributed by atoms with van der Waals surface area (Å²) in [5, 5.41) is 0. The van der Waals surface area contributed by atoms with Gasteiger partial charge in [0.25, 0.3) is 0 Å². The van der Waals surface area contributed by atoms with Gasteiger partial charge in [-0.3, -0.25) is 0 Å². The van der Waals surface area contributed by atoms with Gasteiger partial charge in [0.15, 0.2) is 0 Å². The normalized spacial score (nSPS) is 10.9. The van der Waals surface area contributed by atoms with Crippen LogP contribution in [0, 0.1) is 0 Å². The zero-order valence-corrected chi connectivity index (χ0v) is 11.2. The molecule has 0 heterocycles. The van der Waals surface area contributed by atoms with Crippen molar-refractivity contribution in [2.45, 2.75) is 26.4 Å². The second-order valence-corrected chi connectivity index (χ2v) is 4.66. The first-order valence-corrected chi connectivity index (χ1v) is 5.48. The highest BCUT2D eigenvalue weighted by Crippen LogP contribution is 2.35. The summed E-state index contributed by atoms with van der Waals surface area (Å²) in [5.41, 5.74) is 0.572. The molecule has 0 radical (unpaired) electrons. The Kier molecular flexibility index (Phi) is 4.05. The van der Waals surface area contributed by atoms with Gasteiger partial charge in [0.2, 0.25) is 0 Å². The highest BCUT2D eigenvalue weighted by atomic mass is 16.5. The minimum absolute atomic E-state index is 0.258. The molecule has 17 heavy (non-hydrogen) atoms. The van der Waals surface area contributed by atoms with Gasteiger partial charge >= 0.3 is 0 Å². The number of hydrogen-bond donors (Lipinski definition) is 0. The van der Waals surface area contributed by atoms with Gasteiger partial charge in [-0.15, -0.1) is 0 Å². The van der Waals surface area contributed by atoms with Crippen molar-refractivity contribution in [3.8, 4) is 17.2 Å². The minimum atomic E-state index is -0.258. The molecule has 0 aliphatic heterocycles. The topological polar surface area (TPSA) is 27.7 Å². The average Bonchev–Trinajstić information content (AvgIpc) is 2.25. The van der Waals surface area contributed by atoms with Crippen LogP contribution in [0.1, 0.15) is 26.3 Å². The zero-order valence-electron chi connectivity index (χ0n) is 11.2. The molecular formula is C14H20O3.